The van der Waals surface area contributed by atoms with E-state index in [4.69, 9.17) is 4.74 Å². The van der Waals surface area contributed by atoms with Gasteiger partial charge in [-0.25, -0.2) is 9.97 Å². The summed E-state index contributed by atoms with van der Waals surface area (Å²) in [4.78, 5) is 21.9. The lowest BCUT2D eigenvalue weighted by Crippen LogP contribution is -2.06. The molecule has 0 bridgehead atoms. The molecular formula is C22H19N3O2. The standard InChI is InChI=1S/C22H19N3O2/c1-14-15(2)25(17-7-5-4-6-8-17)22-19(14)20(23-13-24-22)21(26)16-9-11-18(27-3)12-10-16/h4-13H,1-3H3. The van der Waals surface area contributed by atoms with Crippen LogP contribution in [0.1, 0.15) is 27.3 Å². The first kappa shape index (κ1) is 17.0. The van der Waals surface area contributed by atoms with Gasteiger partial charge in [-0.2, -0.15) is 0 Å². The molecule has 2 aromatic heterocycles. The first-order valence-corrected chi connectivity index (χ1v) is 8.68. The van der Waals surface area contributed by atoms with Gasteiger partial charge in [0, 0.05) is 16.9 Å². The van der Waals surface area contributed by atoms with Gasteiger partial charge in [-0.1, -0.05) is 18.2 Å². The van der Waals surface area contributed by atoms with Crippen molar-refractivity contribution in [2.75, 3.05) is 7.11 Å². The van der Waals surface area contributed by atoms with Crippen molar-refractivity contribution >= 4 is 16.8 Å². The summed E-state index contributed by atoms with van der Waals surface area (Å²) < 4.78 is 7.24. The predicted octanol–water partition coefficient (Wildman–Crippen LogP) is 4.28. The fourth-order valence-corrected chi connectivity index (χ4v) is 3.34. The Morgan fingerprint density at radius 1 is 0.963 bits per heavy atom. The van der Waals surface area contributed by atoms with Crippen LogP contribution in [0.2, 0.25) is 0 Å². The predicted molar refractivity (Wildman–Crippen MR) is 105 cm³/mol. The molecule has 0 aliphatic rings. The van der Waals surface area contributed by atoms with Crippen LogP contribution in [0.5, 0.6) is 5.75 Å². The molecule has 5 heteroatoms. The number of nitrogens with zero attached hydrogens (tertiary/aromatic N) is 3. The summed E-state index contributed by atoms with van der Waals surface area (Å²) in [5, 5.41) is 0.791. The Bertz CT molecular complexity index is 1130. The molecule has 0 unspecified atom stereocenters. The third kappa shape index (κ3) is 2.77. The Balaban J connectivity index is 1.91. The van der Waals surface area contributed by atoms with E-state index in [1.165, 1.54) is 6.33 Å². The van der Waals surface area contributed by atoms with Crippen LogP contribution in [0.4, 0.5) is 0 Å². The summed E-state index contributed by atoms with van der Waals surface area (Å²) >= 11 is 0. The number of ketones is 1. The van der Waals surface area contributed by atoms with Crippen LogP contribution in [0, 0.1) is 13.8 Å². The van der Waals surface area contributed by atoms with Crippen molar-refractivity contribution in [3.05, 3.63) is 83.4 Å². The molecule has 0 atom stereocenters. The fraction of sp³-hybridized carbons (Fsp3) is 0.136. The molecule has 4 aromatic rings. The molecule has 0 amide bonds. The van der Waals surface area contributed by atoms with Crippen molar-refractivity contribution in [3.8, 4) is 11.4 Å². The number of hydrogen-bond acceptors (Lipinski definition) is 4. The highest BCUT2D eigenvalue weighted by molar-refractivity contribution is 6.15. The smallest absolute Gasteiger partial charge is 0.212 e. The zero-order valence-electron chi connectivity index (χ0n) is 15.4. The minimum absolute atomic E-state index is 0.127. The van der Waals surface area contributed by atoms with Gasteiger partial charge in [0.15, 0.2) is 0 Å². The Hall–Kier alpha value is -3.47. The van der Waals surface area contributed by atoms with Crippen LogP contribution < -0.4 is 4.74 Å². The number of fused-ring (bicyclic) bond motifs is 1. The number of rotatable bonds is 4. The molecule has 0 saturated heterocycles. The summed E-state index contributed by atoms with van der Waals surface area (Å²) in [7, 11) is 1.60. The molecule has 5 nitrogen and oxygen atoms in total. The van der Waals surface area contributed by atoms with Crippen LogP contribution in [0.25, 0.3) is 16.7 Å². The van der Waals surface area contributed by atoms with Gasteiger partial charge in [-0.05, 0) is 55.8 Å². The lowest BCUT2D eigenvalue weighted by Gasteiger charge is -2.07. The highest BCUT2D eigenvalue weighted by Crippen LogP contribution is 2.30. The molecular weight excluding hydrogens is 338 g/mol. The Morgan fingerprint density at radius 3 is 2.33 bits per heavy atom. The maximum Gasteiger partial charge on any atom is 0.212 e. The van der Waals surface area contributed by atoms with Crippen LogP contribution in [-0.4, -0.2) is 27.4 Å². The number of carbonyl (C=O) groups is 1. The quantitative estimate of drug-likeness (QED) is 0.512. The Kier molecular flexibility index (Phi) is 4.20. The molecule has 0 aliphatic heterocycles. The number of methoxy groups -OCH3 is 1. The van der Waals surface area contributed by atoms with E-state index in [1.807, 2.05) is 44.2 Å². The molecule has 2 aromatic carbocycles. The normalized spacial score (nSPS) is 10.9. The first-order valence-electron chi connectivity index (χ1n) is 8.68. The lowest BCUT2D eigenvalue weighted by atomic mass is 10.0. The van der Waals surface area contributed by atoms with Crippen molar-refractivity contribution in [3.63, 3.8) is 0 Å². The van der Waals surface area contributed by atoms with E-state index in [2.05, 4.69) is 14.5 Å². The summed E-state index contributed by atoms with van der Waals surface area (Å²) in [5.74, 6) is 0.583. The van der Waals surface area contributed by atoms with Gasteiger partial charge in [0.1, 0.15) is 23.4 Å². The van der Waals surface area contributed by atoms with E-state index in [0.717, 1.165) is 28.0 Å². The van der Waals surface area contributed by atoms with E-state index in [-0.39, 0.29) is 5.78 Å². The van der Waals surface area contributed by atoms with Gasteiger partial charge in [-0.3, -0.25) is 9.36 Å². The minimum atomic E-state index is -0.127. The van der Waals surface area contributed by atoms with Crippen molar-refractivity contribution in [2.45, 2.75) is 13.8 Å². The van der Waals surface area contributed by atoms with Crippen LogP contribution in [0.3, 0.4) is 0 Å². The average molecular weight is 357 g/mol. The van der Waals surface area contributed by atoms with Gasteiger partial charge in [0.2, 0.25) is 5.78 Å². The number of benzene rings is 2. The maximum atomic E-state index is 13.1. The van der Waals surface area contributed by atoms with Crippen LogP contribution in [-0.2, 0) is 0 Å². The second-order valence-electron chi connectivity index (χ2n) is 6.36. The maximum absolute atomic E-state index is 13.1. The number of para-hydroxylation sites is 1. The molecule has 2 heterocycles. The van der Waals surface area contributed by atoms with Crippen molar-refractivity contribution in [1.29, 1.82) is 0 Å². The van der Waals surface area contributed by atoms with Crippen molar-refractivity contribution in [1.82, 2.24) is 14.5 Å². The third-order valence-electron chi connectivity index (χ3n) is 4.87. The summed E-state index contributed by atoms with van der Waals surface area (Å²) in [6.45, 7) is 4.04. The summed E-state index contributed by atoms with van der Waals surface area (Å²) in [6, 6.07) is 17.1. The van der Waals surface area contributed by atoms with E-state index >= 15 is 0 Å². The Morgan fingerprint density at radius 2 is 1.67 bits per heavy atom. The zero-order chi connectivity index (χ0) is 19.0. The van der Waals surface area contributed by atoms with Crippen LogP contribution >= 0.6 is 0 Å². The van der Waals surface area contributed by atoms with Crippen LogP contribution in [0.15, 0.2) is 60.9 Å². The van der Waals surface area contributed by atoms with E-state index in [1.54, 1.807) is 31.4 Å². The molecule has 0 saturated carbocycles. The van der Waals surface area contributed by atoms with Crippen molar-refractivity contribution < 1.29 is 9.53 Å². The number of hydrogen-bond donors (Lipinski definition) is 0. The molecule has 0 spiro atoms. The van der Waals surface area contributed by atoms with Gasteiger partial charge in [0.25, 0.3) is 0 Å². The second kappa shape index (κ2) is 6.68. The zero-order valence-corrected chi connectivity index (χ0v) is 15.4. The molecule has 0 aliphatic carbocycles. The summed E-state index contributed by atoms with van der Waals surface area (Å²) in [6.07, 6.45) is 1.46. The van der Waals surface area contributed by atoms with Gasteiger partial charge in [-0.15, -0.1) is 0 Å². The largest absolute Gasteiger partial charge is 0.497 e. The SMILES string of the molecule is COc1ccc(C(=O)c2ncnc3c2c(C)c(C)n3-c2ccccc2)cc1. The highest BCUT2D eigenvalue weighted by atomic mass is 16.5. The lowest BCUT2D eigenvalue weighted by molar-refractivity contribution is 0.103. The van der Waals surface area contributed by atoms with E-state index in [9.17, 15) is 4.79 Å². The number of ether oxygens (including phenoxy) is 1. The summed E-state index contributed by atoms with van der Waals surface area (Å²) in [5.41, 5.74) is 4.78. The molecule has 0 N–H and O–H groups in total. The Labute approximate surface area is 157 Å². The van der Waals surface area contributed by atoms with E-state index in [0.29, 0.717) is 17.0 Å². The van der Waals surface area contributed by atoms with Gasteiger partial charge in [0.05, 0.1) is 12.5 Å². The average Bonchev–Trinajstić information content (AvgIpc) is 2.98. The molecule has 0 fully saturated rings. The third-order valence-corrected chi connectivity index (χ3v) is 4.87. The molecule has 4 rings (SSSR count). The van der Waals surface area contributed by atoms with E-state index < -0.39 is 0 Å². The monoisotopic (exact) mass is 357 g/mol. The number of aryl methyl sites for hydroxylation is 1. The topological polar surface area (TPSA) is 57.0 Å². The number of carbonyl (C=O) groups excluding carboxylic acids is 1. The molecule has 0 radical (unpaired) electrons. The molecule has 134 valence electrons. The van der Waals surface area contributed by atoms with Gasteiger partial charge < -0.3 is 4.74 Å². The fourth-order valence-electron chi connectivity index (χ4n) is 3.34. The second-order valence-corrected chi connectivity index (χ2v) is 6.36. The van der Waals surface area contributed by atoms with Crippen molar-refractivity contribution in [2.24, 2.45) is 0 Å². The number of aromatic nitrogens is 3. The molecule has 27 heavy (non-hydrogen) atoms. The van der Waals surface area contributed by atoms with Gasteiger partial charge >= 0.3 is 0 Å². The highest BCUT2D eigenvalue weighted by Gasteiger charge is 2.22. The minimum Gasteiger partial charge on any atom is -0.497 e. The first-order chi connectivity index (χ1) is 13.1.